The van der Waals surface area contributed by atoms with Crippen molar-refractivity contribution in [1.82, 2.24) is 10.2 Å². The third-order valence-electron chi connectivity index (χ3n) is 2.71. The molecule has 0 saturated heterocycles. The number of aromatic nitrogens is 2. The molecule has 2 aromatic rings. The Hall–Kier alpha value is -2.10. The normalized spacial score (nSPS) is 10.3. The first kappa shape index (κ1) is 11.4. The maximum atomic E-state index is 10.9. The quantitative estimate of drug-likeness (QED) is 0.824. The van der Waals surface area contributed by atoms with E-state index in [4.69, 9.17) is 4.74 Å². The Morgan fingerprint density at radius 3 is 2.76 bits per heavy atom. The fourth-order valence-corrected chi connectivity index (χ4v) is 2.00. The predicted octanol–water partition coefficient (Wildman–Crippen LogP) is 2.51. The van der Waals surface area contributed by atoms with E-state index in [-0.39, 0.29) is 0 Å². The fraction of sp³-hybridized carbons (Fsp3) is 0.231. The van der Waals surface area contributed by atoms with Gasteiger partial charge >= 0.3 is 0 Å². The van der Waals surface area contributed by atoms with Crippen molar-refractivity contribution in [2.45, 2.75) is 13.8 Å². The van der Waals surface area contributed by atoms with Gasteiger partial charge in [0.15, 0.2) is 6.29 Å². The summed E-state index contributed by atoms with van der Waals surface area (Å²) >= 11 is 0. The highest BCUT2D eigenvalue weighted by atomic mass is 16.5. The molecule has 4 heteroatoms. The molecule has 0 radical (unpaired) electrons. The highest BCUT2D eigenvalue weighted by molar-refractivity contribution is 5.88. The Kier molecular flexibility index (Phi) is 2.95. The maximum absolute atomic E-state index is 10.9. The standard InChI is InChI=1S/C13H14N2O2/c1-8-4-9(2)12(11(5-8)17-3)13-10(7-16)6-14-15-13/h4-7H,1-3H3,(H,14,15). The molecule has 1 aromatic heterocycles. The largest absolute Gasteiger partial charge is 0.496 e. The summed E-state index contributed by atoms with van der Waals surface area (Å²) in [7, 11) is 1.62. The third-order valence-corrected chi connectivity index (χ3v) is 2.71. The molecule has 88 valence electrons. The molecular weight excluding hydrogens is 216 g/mol. The van der Waals surface area contributed by atoms with Crippen LogP contribution in [0.15, 0.2) is 18.3 Å². The fourth-order valence-electron chi connectivity index (χ4n) is 2.00. The smallest absolute Gasteiger partial charge is 0.153 e. The number of benzene rings is 1. The molecule has 0 bridgehead atoms. The monoisotopic (exact) mass is 230 g/mol. The molecule has 0 aliphatic heterocycles. The van der Waals surface area contributed by atoms with Crippen LogP contribution in [0.3, 0.4) is 0 Å². The zero-order valence-corrected chi connectivity index (χ0v) is 10.1. The summed E-state index contributed by atoms with van der Waals surface area (Å²) in [5.41, 5.74) is 4.30. The summed E-state index contributed by atoms with van der Waals surface area (Å²) in [4.78, 5) is 10.9. The van der Waals surface area contributed by atoms with E-state index in [2.05, 4.69) is 10.2 Å². The Balaban J connectivity index is 2.70. The van der Waals surface area contributed by atoms with Gasteiger partial charge in [-0.1, -0.05) is 6.07 Å². The molecule has 17 heavy (non-hydrogen) atoms. The van der Waals surface area contributed by atoms with Crippen molar-refractivity contribution in [3.63, 3.8) is 0 Å². The van der Waals surface area contributed by atoms with E-state index in [0.717, 1.165) is 28.7 Å². The minimum absolute atomic E-state index is 0.537. The molecule has 0 aliphatic rings. The van der Waals surface area contributed by atoms with Crippen LogP contribution in [0, 0.1) is 13.8 Å². The van der Waals surface area contributed by atoms with Crippen LogP contribution in [0.1, 0.15) is 21.5 Å². The molecule has 0 spiro atoms. The second-order valence-electron chi connectivity index (χ2n) is 3.98. The molecule has 4 nitrogen and oxygen atoms in total. The van der Waals surface area contributed by atoms with Crippen LogP contribution in [0.5, 0.6) is 5.75 Å². The van der Waals surface area contributed by atoms with E-state index >= 15 is 0 Å². The average Bonchev–Trinajstić information content (AvgIpc) is 2.75. The molecule has 2 rings (SSSR count). The van der Waals surface area contributed by atoms with Crippen molar-refractivity contribution in [1.29, 1.82) is 0 Å². The minimum Gasteiger partial charge on any atom is -0.496 e. The second kappa shape index (κ2) is 4.41. The Morgan fingerprint density at radius 1 is 1.35 bits per heavy atom. The van der Waals surface area contributed by atoms with Gasteiger partial charge in [0.1, 0.15) is 5.75 Å². The zero-order valence-electron chi connectivity index (χ0n) is 10.1. The second-order valence-corrected chi connectivity index (χ2v) is 3.98. The van der Waals surface area contributed by atoms with E-state index in [9.17, 15) is 4.79 Å². The first-order valence-corrected chi connectivity index (χ1v) is 5.31. The number of ether oxygens (including phenoxy) is 1. The number of nitrogens with zero attached hydrogens (tertiary/aromatic N) is 1. The van der Waals surface area contributed by atoms with Gasteiger partial charge in [-0.05, 0) is 31.0 Å². The first-order chi connectivity index (χ1) is 8.17. The highest BCUT2D eigenvalue weighted by Crippen LogP contribution is 2.34. The number of carbonyl (C=O) groups excluding carboxylic acids is 1. The number of aromatic amines is 1. The molecule has 1 heterocycles. The van der Waals surface area contributed by atoms with Crippen LogP contribution in [0.2, 0.25) is 0 Å². The molecule has 0 unspecified atom stereocenters. The molecule has 0 saturated carbocycles. The third kappa shape index (κ3) is 1.93. The summed E-state index contributed by atoms with van der Waals surface area (Å²) in [5, 5.41) is 6.74. The molecule has 1 N–H and O–H groups in total. The lowest BCUT2D eigenvalue weighted by Gasteiger charge is -2.12. The van der Waals surface area contributed by atoms with Gasteiger partial charge in [0.05, 0.1) is 24.6 Å². The van der Waals surface area contributed by atoms with Crippen LogP contribution in [0.25, 0.3) is 11.3 Å². The van der Waals surface area contributed by atoms with Crippen LogP contribution >= 0.6 is 0 Å². The van der Waals surface area contributed by atoms with Crippen molar-refractivity contribution in [3.8, 4) is 17.0 Å². The van der Waals surface area contributed by atoms with E-state index in [1.807, 2.05) is 26.0 Å². The number of aldehydes is 1. The average molecular weight is 230 g/mol. The molecular formula is C13H14N2O2. The van der Waals surface area contributed by atoms with Crippen LogP contribution in [-0.2, 0) is 0 Å². The maximum Gasteiger partial charge on any atom is 0.153 e. The van der Waals surface area contributed by atoms with Gasteiger partial charge < -0.3 is 4.74 Å². The van der Waals surface area contributed by atoms with Gasteiger partial charge in [0, 0.05) is 5.56 Å². The lowest BCUT2D eigenvalue weighted by atomic mass is 9.99. The molecule has 1 aromatic carbocycles. The number of aryl methyl sites for hydroxylation is 2. The van der Waals surface area contributed by atoms with Crippen LogP contribution < -0.4 is 4.74 Å². The summed E-state index contributed by atoms with van der Waals surface area (Å²) in [6, 6.07) is 3.99. The Bertz CT molecular complexity index is 559. The van der Waals surface area contributed by atoms with E-state index in [1.165, 1.54) is 6.20 Å². The number of hydrogen-bond donors (Lipinski definition) is 1. The van der Waals surface area contributed by atoms with E-state index in [1.54, 1.807) is 7.11 Å². The number of H-pyrrole nitrogens is 1. The van der Waals surface area contributed by atoms with Gasteiger partial charge in [0.2, 0.25) is 0 Å². The number of carbonyl (C=O) groups is 1. The Morgan fingerprint density at radius 2 is 2.12 bits per heavy atom. The zero-order chi connectivity index (χ0) is 12.4. The van der Waals surface area contributed by atoms with Crippen molar-refractivity contribution < 1.29 is 9.53 Å². The van der Waals surface area contributed by atoms with Gasteiger partial charge in [-0.2, -0.15) is 5.10 Å². The van der Waals surface area contributed by atoms with E-state index < -0.39 is 0 Å². The number of nitrogens with one attached hydrogen (secondary N) is 1. The van der Waals surface area contributed by atoms with Gasteiger partial charge in [-0.25, -0.2) is 0 Å². The van der Waals surface area contributed by atoms with Gasteiger partial charge in [-0.3, -0.25) is 9.89 Å². The number of rotatable bonds is 3. The lowest BCUT2D eigenvalue weighted by molar-refractivity contribution is 0.112. The molecule has 0 atom stereocenters. The molecule has 0 aliphatic carbocycles. The first-order valence-electron chi connectivity index (χ1n) is 5.31. The summed E-state index contributed by atoms with van der Waals surface area (Å²) < 4.78 is 5.37. The van der Waals surface area contributed by atoms with Gasteiger partial charge in [-0.15, -0.1) is 0 Å². The molecule has 0 amide bonds. The lowest BCUT2D eigenvalue weighted by Crippen LogP contribution is -1.95. The van der Waals surface area contributed by atoms with Crippen molar-refractivity contribution in [2.75, 3.05) is 7.11 Å². The summed E-state index contributed by atoms with van der Waals surface area (Å²) in [6.45, 7) is 3.99. The minimum atomic E-state index is 0.537. The SMILES string of the molecule is COc1cc(C)cc(C)c1-c1[nH]ncc1C=O. The number of methoxy groups -OCH3 is 1. The number of hydrogen-bond acceptors (Lipinski definition) is 3. The highest BCUT2D eigenvalue weighted by Gasteiger charge is 2.15. The molecule has 0 fully saturated rings. The summed E-state index contributed by atoms with van der Waals surface area (Å²) in [5.74, 6) is 0.745. The summed E-state index contributed by atoms with van der Waals surface area (Å²) in [6.07, 6.45) is 2.30. The van der Waals surface area contributed by atoms with Crippen molar-refractivity contribution >= 4 is 6.29 Å². The van der Waals surface area contributed by atoms with Crippen molar-refractivity contribution in [3.05, 3.63) is 35.0 Å². The topological polar surface area (TPSA) is 55.0 Å². The van der Waals surface area contributed by atoms with Crippen LogP contribution in [0.4, 0.5) is 0 Å². The predicted molar refractivity (Wildman–Crippen MR) is 65.4 cm³/mol. The van der Waals surface area contributed by atoms with Gasteiger partial charge in [0.25, 0.3) is 0 Å². The van der Waals surface area contributed by atoms with Crippen LogP contribution in [-0.4, -0.2) is 23.6 Å². The van der Waals surface area contributed by atoms with Crippen molar-refractivity contribution in [2.24, 2.45) is 0 Å². The Labute approximate surface area is 99.6 Å². The van der Waals surface area contributed by atoms with E-state index in [0.29, 0.717) is 11.3 Å².